The van der Waals surface area contributed by atoms with Gasteiger partial charge in [0.15, 0.2) is 5.78 Å². The highest BCUT2D eigenvalue weighted by molar-refractivity contribution is 6.21. The quantitative estimate of drug-likeness (QED) is 0.330. The maximum Gasteiger partial charge on any atom is 0.341 e. The van der Waals surface area contributed by atoms with Gasteiger partial charge in [0.25, 0.3) is 0 Å². The largest absolute Gasteiger partial charge is 0.497 e. The van der Waals surface area contributed by atoms with E-state index in [1.54, 1.807) is 38.3 Å². The van der Waals surface area contributed by atoms with Gasteiger partial charge in [0.05, 0.1) is 13.7 Å². The minimum atomic E-state index is -0.648. The first-order valence-electron chi connectivity index (χ1n) is 6.17. The molecular formula is C15H18O5. The van der Waals surface area contributed by atoms with E-state index >= 15 is 0 Å². The van der Waals surface area contributed by atoms with Crippen LogP contribution in [0.5, 0.6) is 5.75 Å². The number of Topliss-reactive ketones (excluding diaryl/α,β-unsaturated/α-hetero) is 1. The van der Waals surface area contributed by atoms with Crippen LogP contribution in [0.15, 0.2) is 29.8 Å². The standard InChI is InChI=1S/C15H18O5/c1-4-20-15(17)13(14(16)10-18-2)9-11-5-7-12(19-3)8-6-11/h5-9H,4,10H2,1-3H3. The normalized spacial score (nSPS) is 11.1. The summed E-state index contributed by atoms with van der Waals surface area (Å²) in [6, 6.07) is 6.99. The average Bonchev–Trinajstić information content (AvgIpc) is 2.45. The third-order valence-electron chi connectivity index (χ3n) is 2.50. The van der Waals surface area contributed by atoms with Crippen LogP contribution >= 0.6 is 0 Å². The number of hydrogen-bond donors (Lipinski definition) is 0. The number of carbonyl (C=O) groups excluding carboxylic acids is 2. The van der Waals surface area contributed by atoms with Crippen LogP contribution in [0.3, 0.4) is 0 Å². The Labute approximate surface area is 118 Å². The topological polar surface area (TPSA) is 61.8 Å². The number of ketones is 1. The molecule has 0 saturated carbocycles. The number of rotatable bonds is 7. The van der Waals surface area contributed by atoms with E-state index in [0.29, 0.717) is 11.3 Å². The van der Waals surface area contributed by atoms with Crippen LogP contribution in [0.25, 0.3) is 6.08 Å². The van der Waals surface area contributed by atoms with Gasteiger partial charge in [0.1, 0.15) is 17.9 Å². The fourth-order valence-electron chi connectivity index (χ4n) is 1.54. The van der Waals surface area contributed by atoms with Gasteiger partial charge in [0, 0.05) is 7.11 Å². The Hall–Kier alpha value is -2.14. The second-order valence-corrected chi connectivity index (χ2v) is 3.91. The maximum atomic E-state index is 11.9. The lowest BCUT2D eigenvalue weighted by Crippen LogP contribution is -2.19. The molecule has 20 heavy (non-hydrogen) atoms. The zero-order valence-electron chi connectivity index (χ0n) is 11.8. The molecule has 0 bridgehead atoms. The van der Waals surface area contributed by atoms with Crippen LogP contribution in [-0.2, 0) is 19.1 Å². The number of ether oxygens (including phenoxy) is 3. The molecule has 0 unspecified atom stereocenters. The summed E-state index contributed by atoms with van der Waals surface area (Å²) in [5.74, 6) is -0.366. The van der Waals surface area contributed by atoms with Crippen molar-refractivity contribution in [3.05, 3.63) is 35.4 Å². The SMILES string of the molecule is CCOC(=O)C(=Cc1ccc(OC)cc1)C(=O)COC. The molecule has 1 aromatic rings. The minimum absolute atomic E-state index is 0.0288. The zero-order valence-corrected chi connectivity index (χ0v) is 11.8. The van der Waals surface area contributed by atoms with E-state index < -0.39 is 11.8 Å². The highest BCUT2D eigenvalue weighted by atomic mass is 16.5. The van der Waals surface area contributed by atoms with Gasteiger partial charge in [-0.15, -0.1) is 0 Å². The summed E-state index contributed by atoms with van der Waals surface area (Å²) in [5.41, 5.74) is 0.678. The fourth-order valence-corrected chi connectivity index (χ4v) is 1.54. The molecule has 0 amide bonds. The van der Waals surface area contributed by atoms with Crippen molar-refractivity contribution in [2.75, 3.05) is 27.4 Å². The molecule has 5 heteroatoms. The van der Waals surface area contributed by atoms with Crippen molar-refractivity contribution >= 4 is 17.8 Å². The van der Waals surface area contributed by atoms with E-state index in [-0.39, 0.29) is 18.8 Å². The third kappa shape index (κ3) is 4.51. The molecule has 0 spiro atoms. The van der Waals surface area contributed by atoms with Gasteiger partial charge >= 0.3 is 5.97 Å². The number of benzene rings is 1. The molecule has 0 aliphatic heterocycles. The zero-order chi connectivity index (χ0) is 15.0. The Balaban J connectivity index is 3.03. The molecule has 0 fully saturated rings. The first-order valence-corrected chi connectivity index (χ1v) is 6.17. The summed E-state index contributed by atoms with van der Waals surface area (Å²) in [5, 5.41) is 0. The summed E-state index contributed by atoms with van der Waals surface area (Å²) < 4.78 is 14.7. The van der Waals surface area contributed by atoms with Crippen LogP contribution in [0.2, 0.25) is 0 Å². The van der Waals surface area contributed by atoms with Gasteiger partial charge < -0.3 is 14.2 Å². The van der Waals surface area contributed by atoms with Crippen molar-refractivity contribution in [1.29, 1.82) is 0 Å². The van der Waals surface area contributed by atoms with Crippen molar-refractivity contribution in [2.24, 2.45) is 0 Å². The summed E-state index contributed by atoms with van der Waals surface area (Å²) in [6.45, 7) is 1.73. The Morgan fingerprint density at radius 2 is 1.80 bits per heavy atom. The molecule has 0 aliphatic carbocycles. The Bertz CT molecular complexity index is 467. The highest BCUT2D eigenvalue weighted by Crippen LogP contribution is 2.15. The summed E-state index contributed by atoms with van der Waals surface area (Å²) in [6.07, 6.45) is 1.48. The van der Waals surface area contributed by atoms with Crippen LogP contribution in [-0.4, -0.2) is 39.2 Å². The highest BCUT2D eigenvalue weighted by Gasteiger charge is 2.19. The summed E-state index contributed by atoms with van der Waals surface area (Å²) in [4.78, 5) is 23.7. The van der Waals surface area contributed by atoms with Gasteiger partial charge in [-0.25, -0.2) is 4.79 Å². The smallest absolute Gasteiger partial charge is 0.341 e. The van der Waals surface area contributed by atoms with Gasteiger partial charge in [-0.05, 0) is 30.7 Å². The first kappa shape index (κ1) is 15.9. The number of carbonyl (C=O) groups is 2. The fraction of sp³-hybridized carbons (Fsp3) is 0.333. The van der Waals surface area contributed by atoms with E-state index in [1.165, 1.54) is 13.2 Å². The predicted octanol–water partition coefficient (Wildman–Crippen LogP) is 1.86. The first-order chi connectivity index (χ1) is 9.62. The molecule has 0 radical (unpaired) electrons. The summed E-state index contributed by atoms with van der Waals surface area (Å²) in [7, 11) is 2.96. The molecule has 0 aromatic heterocycles. The second-order valence-electron chi connectivity index (χ2n) is 3.91. The number of hydrogen-bond acceptors (Lipinski definition) is 5. The molecule has 1 aromatic carbocycles. The second kappa shape index (κ2) is 8.12. The molecule has 1 rings (SSSR count). The molecule has 0 saturated heterocycles. The van der Waals surface area contributed by atoms with Crippen molar-refractivity contribution < 1.29 is 23.8 Å². The monoisotopic (exact) mass is 278 g/mol. The van der Waals surface area contributed by atoms with Crippen LogP contribution in [0, 0.1) is 0 Å². The maximum absolute atomic E-state index is 11.9. The van der Waals surface area contributed by atoms with Crippen molar-refractivity contribution in [3.63, 3.8) is 0 Å². The lowest BCUT2D eigenvalue weighted by molar-refractivity contribution is -0.140. The average molecular weight is 278 g/mol. The van der Waals surface area contributed by atoms with Gasteiger partial charge in [-0.1, -0.05) is 12.1 Å². The lowest BCUT2D eigenvalue weighted by atomic mass is 10.1. The minimum Gasteiger partial charge on any atom is -0.497 e. The molecule has 108 valence electrons. The molecule has 0 N–H and O–H groups in total. The van der Waals surface area contributed by atoms with Crippen LogP contribution in [0.4, 0.5) is 0 Å². The number of esters is 1. The van der Waals surface area contributed by atoms with Crippen molar-refractivity contribution in [1.82, 2.24) is 0 Å². The predicted molar refractivity (Wildman–Crippen MR) is 74.5 cm³/mol. The van der Waals surface area contributed by atoms with Crippen LogP contribution < -0.4 is 4.74 Å². The van der Waals surface area contributed by atoms with E-state index in [0.717, 1.165) is 0 Å². The third-order valence-corrected chi connectivity index (χ3v) is 2.50. The van der Waals surface area contributed by atoms with Crippen LogP contribution in [0.1, 0.15) is 12.5 Å². The molecule has 0 aliphatic rings. The lowest BCUT2D eigenvalue weighted by Gasteiger charge is -2.06. The molecule has 0 atom stereocenters. The van der Waals surface area contributed by atoms with Gasteiger partial charge in [-0.2, -0.15) is 0 Å². The van der Waals surface area contributed by atoms with Gasteiger partial charge in [0.2, 0.25) is 0 Å². The van der Waals surface area contributed by atoms with E-state index in [4.69, 9.17) is 14.2 Å². The van der Waals surface area contributed by atoms with E-state index in [9.17, 15) is 9.59 Å². The van der Waals surface area contributed by atoms with Crippen molar-refractivity contribution in [2.45, 2.75) is 6.92 Å². The van der Waals surface area contributed by atoms with E-state index in [1.807, 2.05) is 0 Å². The van der Waals surface area contributed by atoms with Crippen molar-refractivity contribution in [3.8, 4) is 5.75 Å². The molecule has 5 nitrogen and oxygen atoms in total. The Morgan fingerprint density at radius 3 is 2.30 bits per heavy atom. The molecule has 0 heterocycles. The number of methoxy groups -OCH3 is 2. The summed E-state index contributed by atoms with van der Waals surface area (Å²) >= 11 is 0. The Kier molecular flexibility index (Phi) is 6.46. The van der Waals surface area contributed by atoms with E-state index in [2.05, 4.69) is 0 Å². The van der Waals surface area contributed by atoms with Gasteiger partial charge in [-0.3, -0.25) is 4.79 Å². The Morgan fingerprint density at radius 1 is 1.15 bits per heavy atom. The molecular weight excluding hydrogens is 260 g/mol.